The van der Waals surface area contributed by atoms with Crippen molar-refractivity contribution < 1.29 is 4.79 Å². The molecule has 1 amide bonds. The molecule has 130 valence electrons. The molecule has 1 aliphatic carbocycles. The Kier molecular flexibility index (Phi) is 5.20. The van der Waals surface area contributed by atoms with Crippen LogP contribution in [0, 0.1) is 0 Å². The maximum absolute atomic E-state index is 12.5. The summed E-state index contributed by atoms with van der Waals surface area (Å²) in [5.41, 5.74) is 2.74. The van der Waals surface area contributed by atoms with E-state index in [0.29, 0.717) is 11.7 Å². The lowest BCUT2D eigenvalue weighted by Crippen LogP contribution is -2.33. The lowest BCUT2D eigenvalue weighted by molar-refractivity contribution is 0.0925. The highest BCUT2D eigenvalue weighted by Gasteiger charge is 2.25. The Bertz CT molecular complexity index is 690. The molecule has 0 bridgehead atoms. The highest BCUT2D eigenvalue weighted by atomic mass is 35.5. The fourth-order valence-electron chi connectivity index (χ4n) is 3.56. The summed E-state index contributed by atoms with van der Waals surface area (Å²) in [7, 11) is 0. The maximum atomic E-state index is 12.5. The Morgan fingerprint density at radius 2 is 2.25 bits per heavy atom. The molecule has 0 aromatic carbocycles. The number of aryl methyl sites for hydroxylation is 1. The second-order valence-corrected chi connectivity index (χ2v) is 6.41. The van der Waals surface area contributed by atoms with Gasteiger partial charge in [-0.1, -0.05) is 0 Å². The summed E-state index contributed by atoms with van der Waals surface area (Å²) < 4.78 is 1.92. The van der Waals surface area contributed by atoms with E-state index in [2.05, 4.69) is 25.9 Å². The molecule has 0 spiro atoms. The zero-order valence-corrected chi connectivity index (χ0v) is 14.3. The molecule has 2 aromatic heterocycles. The molecular formula is C16H23ClN6O. The minimum absolute atomic E-state index is 0. The van der Waals surface area contributed by atoms with Crippen LogP contribution in [-0.2, 0) is 6.42 Å². The third kappa shape index (κ3) is 3.32. The van der Waals surface area contributed by atoms with Gasteiger partial charge in [0.1, 0.15) is 5.69 Å². The number of piperidine rings is 1. The van der Waals surface area contributed by atoms with Crippen molar-refractivity contribution in [3.63, 3.8) is 0 Å². The Balaban J connectivity index is 0.00000169. The summed E-state index contributed by atoms with van der Waals surface area (Å²) in [5.74, 6) is -0.111. The standard InChI is InChI=1S/C16H22N6O.ClH/c23-16(19-13-5-1-3-11-9-18-20-15(11)13)14-6-8-22(21-14)12-4-2-7-17-10-12;/h6,8-9,12-13,17H,1-5,7,10H2,(H,18,20)(H,19,23);1H. The van der Waals surface area contributed by atoms with Crippen molar-refractivity contribution in [1.29, 1.82) is 0 Å². The van der Waals surface area contributed by atoms with Crippen molar-refractivity contribution in [3.8, 4) is 0 Å². The van der Waals surface area contributed by atoms with Gasteiger partial charge in [0.2, 0.25) is 0 Å². The van der Waals surface area contributed by atoms with E-state index in [-0.39, 0.29) is 24.4 Å². The van der Waals surface area contributed by atoms with E-state index in [1.165, 1.54) is 5.56 Å². The van der Waals surface area contributed by atoms with Gasteiger partial charge < -0.3 is 10.6 Å². The zero-order valence-electron chi connectivity index (χ0n) is 13.5. The summed E-state index contributed by atoms with van der Waals surface area (Å²) in [6.07, 6.45) is 9.06. The van der Waals surface area contributed by atoms with Crippen molar-refractivity contribution in [2.45, 2.75) is 44.2 Å². The smallest absolute Gasteiger partial charge is 0.272 e. The Morgan fingerprint density at radius 3 is 3.08 bits per heavy atom. The summed E-state index contributed by atoms with van der Waals surface area (Å²) in [6, 6.07) is 2.16. The van der Waals surface area contributed by atoms with Crippen LogP contribution < -0.4 is 10.6 Å². The molecule has 3 heterocycles. The first-order valence-electron chi connectivity index (χ1n) is 8.40. The van der Waals surface area contributed by atoms with E-state index in [4.69, 9.17) is 0 Å². The SMILES string of the molecule is Cl.O=C(NC1CCCc2cn[nH]c21)c1ccn(C2CCCNC2)n1. The van der Waals surface area contributed by atoms with E-state index in [0.717, 1.165) is 50.9 Å². The van der Waals surface area contributed by atoms with E-state index in [1.54, 1.807) is 6.07 Å². The predicted octanol–water partition coefficient (Wildman–Crippen LogP) is 1.76. The number of rotatable bonds is 3. The third-order valence-corrected chi connectivity index (χ3v) is 4.83. The Labute approximate surface area is 147 Å². The van der Waals surface area contributed by atoms with Crippen LogP contribution in [-0.4, -0.2) is 39.0 Å². The number of H-pyrrole nitrogens is 1. The highest BCUT2D eigenvalue weighted by Crippen LogP contribution is 2.27. The lowest BCUT2D eigenvalue weighted by Gasteiger charge is -2.23. The highest BCUT2D eigenvalue weighted by molar-refractivity contribution is 5.92. The monoisotopic (exact) mass is 350 g/mol. The second-order valence-electron chi connectivity index (χ2n) is 6.41. The number of halogens is 1. The molecule has 3 N–H and O–H groups in total. The minimum atomic E-state index is -0.111. The van der Waals surface area contributed by atoms with E-state index in [9.17, 15) is 4.79 Å². The van der Waals surface area contributed by atoms with Crippen molar-refractivity contribution in [2.24, 2.45) is 0 Å². The number of aromatic nitrogens is 4. The van der Waals surface area contributed by atoms with Crippen LogP contribution >= 0.6 is 12.4 Å². The minimum Gasteiger partial charge on any atom is -0.342 e. The number of nitrogens with one attached hydrogen (secondary N) is 3. The van der Waals surface area contributed by atoms with Gasteiger partial charge in [0, 0.05) is 12.7 Å². The fourth-order valence-corrected chi connectivity index (χ4v) is 3.56. The molecule has 24 heavy (non-hydrogen) atoms. The molecule has 1 aliphatic heterocycles. The summed E-state index contributed by atoms with van der Waals surface area (Å²) in [5, 5.41) is 18.1. The number of hydrogen-bond donors (Lipinski definition) is 3. The van der Waals surface area contributed by atoms with Gasteiger partial charge in [-0.2, -0.15) is 10.2 Å². The van der Waals surface area contributed by atoms with E-state index >= 15 is 0 Å². The zero-order chi connectivity index (χ0) is 15.6. The van der Waals surface area contributed by atoms with Crippen LogP contribution in [0.15, 0.2) is 18.5 Å². The lowest BCUT2D eigenvalue weighted by atomic mass is 9.93. The maximum Gasteiger partial charge on any atom is 0.272 e. The molecule has 4 rings (SSSR count). The Morgan fingerprint density at radius 1 is 1.33 bits per heavy atom. The average Bonchev–Trinajstić information content (AvgIpc) is 3.25. The molecule has 2 aliphatic rings. The van der Waals surface area contributed by atoms with Crippen molar-refractivity contribution in [2.75, 3.05) is 13.1 Å². The van der Waals surface area contributed by atoms with E-state index in [1.807, 2.05) is 17.1 Å². The average molecular weight is 351 g/mol. The van der Waals surface area contributed by atoms with Gasteiger partial charge >= 0.3 is 0 Å². The fraction of sp³-hybridized carbons (Fsp3) is 0.562. The van der Waals surface area contributed by atoms with Crippen LogP contribution in [0.2, 0.25) is 0 Å². The first-order valence-corrected chi connectivity index (χ1v) is 8.40. The van der Waals surface area contributed by atoms with Crippen LogP contribution in [0.25, 0.3) is 0 Å². The number of aromatic amines is 1. The number of amides is 1. The van der Waals surface area contributed by atoms with Crippen LogP contribution in [0.4, 0.5) is 0 Å². The molecule has 8 heteroatoms. The summed E-state index contributed by atoms with van der Waals surface area (Å²) >= 11 is 0. The first-order chi connectivity index (χ1) is 11.3. The van der Waals surface area contributed by atoms with Gasteiger partial charge in [-0.3, -0.25) is 14.6 Å². The van der Waals surface area contributed by atoms with Crippen LogP contribution in [0.1, 0.15) is 59.5 Å². The van der Waals surface area contributed by atoms with Gasteiger partial charge in [-0.15, -0.1) is 12.4 Å². The number of nitrogens with zero attached hydrogens (tertiary/aromatic N) is 3. The van der Waals surface area contributed by atoms with E-state index < -0.39 is 0 Å². The van der Waals surface area contributed by atoms with Crippen molar-refractivity contribution in [3.05, 3.63) is 35.4 Å². The predicted molar refractivity (Wildman–Crippen MR) is 92.3 cm³/mol. The second kappa shape index (κ2) is 7.36. The molecular weight excluding hydrogens is 328 g/mol. The number of carbonyl (C=O) groups is 1. The van der Waals surface area contributed by atoms with Crippen LogP contribution in [0.3, 0.4) is 0 Å². The first kappa shape index (κ1) is 17.0. The molecule has 0 saturated carbocycles. The summed E-state index contributed by atoms with van der Waals surface area (Å²) in [4.78, 5) is 12.5. The molecule has 7 nitrogen and oxygen atoms in total. The largest absolute Gasteiger partial charge is 0.342 e. The summed E-state index contributed by atoms with van der Waals surface area (Å²) in [6.45, 7) is 1.99. The van der Waals surface area contributed by atoms with Crippen molar-refractivity contribution in [1.82, 2.24) is 30.6 Å². The topological polar surface area (TPSA) is 87.6 Å². The molecule has 2 unspecified atom stereocenters. The van der Waals surface area contributed by atoms with Gasteiger partial charge in [0.15, 0.2) is 0 Å². The Hall–Kier alpha value is -1.86. The van der Waals surface area contributed by atoms with Crippen LogP contribution in [0.5, 0.6) is 0 Å². The quantitative estimate of drug-likeness (QED) is 0.787. The number of hydrogen-bond acceptors (Lipinski definition) is 4. The van der Waals surface area contributed by atoms with Gasteiger partial charge in [-0.05, 0) is 50.3 Å². The number of carbonyl (C=O) groups excluding carboxylic acids is 1. The molecule has 1 saturated heterocycles. The molecule has 1 fully saturated rings. The van der Waals surface area contributed by atoms with Gasteiger partial charge in [0.25, 0.3) is 5.91 Å². The molecule has 2 aromatic rings. The number of fused-ring (bicyclic) bond motifs is 1. The molecule has 0 radical (unpaired) electrons. The van der Waals surface area contributed by atoms with Gasteiger partial charge in [-0.25, -0.2) is 0 Å². The van der Waals surface area contributed by atoms with Gasteiger partial charge in [0.05, 0.1) is 24.0 Å². The van der Waals surface area contributed by atoms with Crippen molar-refractivity contribution >= 4 is 18.3 Å². The third-order valence-electron chi connectivity index (χ3n) is 4.83. The normalized spacial score (nSPS) is 23.2. The molecule has 2 atom stereocenters.